The summed E-state index contributed by atoms with van der Waals surface area (Å²) >= 11 is 0. The molecule has 0 fully saturated rings. The quantitative estimate of drug-likeness (QED) is 0.776. The number of nitrogens with two attached hydrogens (primary N) is 1. The molecule has 0 aliphatic heterocycles. The average Bonchev–Trinajstić information content (AvgIpc) is 2.52. The molecule has 0 saturated carbocycles. The zero-order chi connectivity index (χ0) is 14.7. The molecule has 2 N–H and O–H groups in total. The summed E-state index contributed by atoms with van der Waals surface area (Å²) in [7, 11) is 0. The Balaban J connectivity index is 1.82. The molecular formula is C19H18N2. The molecule has 3 aromatic rings. The van der Waals surface area contributed by atoms with E-state index in [0.717, 1.165) is 17.5 Å². The first-order valence-corrected chi connectivity index (χ1v) is 7.08. The largest absolute Gasteiger partial charge is 0.383 e. The van der Waals surface area contributed by atoms with Gasteiger partial charge in [-0.05, 0) is 41.7 Å². The second-order valence-corrected chi connectivity index (χ2v) is 5.29. The fourth-order valence-corrected chi connectivity index (χ4v) is 2.39. The van der Waals surface area contributed by atoms with Crippen molar-refractivity contribution in [1.82, 2.24) is 4.98 Å². The van der Waals surface area contributed by atoms with Gasteiger partial charge in [0.25, 0.3) is 0 Å². The summed E-state index contributed by atoms with van der Waals surface area (Å²) in [5.41, 5.74) is 11.7. The van der Waals surface area contributed by atoms with Gasteiger partial charge in [0.05, 0.1) is 0 Å². The molecule has 0 bridgehead atoms. The van der Waals surface area contributed by atoms with Crippen molar-refractivity contribution in [2.75, 3.05) is 5.73 Å². The molecule has 0 spiro atoms. The molecule has 104 valence electrons. The molecule has 2 heteroatoms. The van der Waals surface area contributed by atoms with Crippen molar-refractivity contribution in [3.63, 3.8) is 0 Å². The van der Waals surface area contributed by atoms with Crippen molar-refractivity contribution in [1.29, 1.82) is 0 Å². The number of aromatic nitrogens is 1. The average molecular weight is 274 g/mol. The number of anilines is 1. The number of hydrogen-bond acceptors (Lipinski definition) is 2. The highest BCUT2D eigenvalue weighted by Gasteiger charge is 2.02. The van der Waals surface area contributed by atoms with Gasteiger partial charge in [0, 0.05) is 11.8 Å². The highest BCUT2D eigenvalue weighted by Crippen LogP contribution is 2.22. The highest BCUT2D eigenvalue weighted by molar-refractivity contribution is 5.65. The molecule has 0 atom stereocenters. The van der Waals surface area contributed by atoms with Crippen molar-refractivity contribution in [2.24, 2.45) is 0 Å². The summed E-state index contributed by atoms with van der Waals surface area (Å²) in [6.45, 7) is 1.98. The lowest BCUT2D eigenvalue weighted by molar-refractivity contribution is 1.19. The van der Waals surface area contributed by atoms with Crippen LogP contribution in [0, 0.1) is 6.92 Å². The number of benzene rings is 2. The Labute approximate surface area is 125 Å². The first kappa shape index (κ1) is 13.4. The summed E-state index contributed by atoms with van der Waals surface area (Å²) in [5, 5.41) is 0. The van der Waals surface area contributed by atoms with Crippen molar-refractivity contribution in [3.8, 4) is 11.1 Å². The first-order valence-electron chi connectivity index (χ1n) is 7.08. The van der Waals surface area contributed by atoms with Gasteiger partial charge in [0.1, 0.15) is 5.82 Å². The molecule has 0 saturated heterocycles. The van der Waals surface area contributed by atoms with Crippen LogP contribution in [0.25, 0.3) is 11.1 Å². The third-order valence-corrected chi connectivity index (χ3v) is 3.66. The summed E-state index contributed by atoms with van der Waals surface area (Å²) in [6.07, 6.45) is 2.79. The third-order valence-electron chi connectivity index (χ3n) is 3.66. The molecule has 0 amide bonds. The van der Waals surface area contributed by atoms with Gasteiger partial charge in [-0.25, -0.2) is 4.98 Å². The van der Waals surface area contributed by atoms with Crippen LogP contribution in [0.15, 0.2) is 66.9 Å². The van der Waals surface area contributed by atoms with E-state index in [9.17, 15) is 0 Å². The molecule has 0 radical (unpaired) electrons. The Morgan fingerprint density at radius 3 is 2.19 bits per heavy atom. The van der Waals surface area contributed by atoms with E-state index in [4.69, 9.17) is 5.73 Å². The zero-order valence-corrected chi connectivity index (χ0v) is 12.1. The molecule has 1 heterocycles. The molecule has 0 aliphatic carbocycles. The van der Waals surface area contributed by atoms with Gasteiger partial charge in [-0.2, -0.15) is 0 Å². The SMILES string of the molecule is Cc1cc(-c2ccc(Cc3ccccc3)cc2)cnc1N. The van der Waals surface area contributed by atoms with Crippen LogP contribution in [0.5, 0.6) is 0 Å². The van der Waals surface area contributed by atoms with Gasteiger partial charge >= 0.3 is 0 Å². The number of nitrogen functional groups attached to an aromatic ring is 1. The van der Waals surface area contributed by atoms with Gasteiger partial charge in [-0.3, -0.25) is 0 Å². The van der Waals surface area contributed by atoms with Crippen molar-refractivity contribution in [2.45, 2.75) is 13.3 Å². The van der Waals surface area contributed by atoms with Gasteiger partial charge in [0.2, 0.25) is 0 Å². The predicted octanol–water partition coefficient (Wildman–Crippen LogP) is 4.23. The Morgan fingerprint density at radius 2 is 1.52 bits per heavy atom. The lowest BCUT2D eigenvalue weighted by Gasteiger charge is -2.06. The van der Waals surface area contributed by atoms with Crippen LogP contribution in [-0.2, 0) is 6.42 Å². The maximum Gasteiger partial charge on any atom is 0.126 e. The van der Waals surface area contributed by atoms with Crippen LogP contribution in [0.4, 0.5) is 5.82 Å². The maximum absolute atomic E-state index is 5.77. The van der Waals surface area contributed by atoms with Crippen LogP contribution in [0.3, 0.4) is 0 Å². The number of hydrogen-bond donors (Lipinski definition) is 1. The lowest BCUT2D eigenvalue weighted by atomic mass is 10.0. The fourth-order valence-electron chi connectivity index (χ4n) is 2.39. The minimum atomic E-state index is 0.597. The van der Waals surface area contributed by atoms with E-state index in [0.29, 0.717) is 5.82 Å². The summed E-state index contributed by atoms with van der Waals surface area (Å²) < 4.78 is 0. The van der Waals surface area contributed by atoms with E-state index in [1.807, 2.05) is 19.2 Å². The number of rotatable bonds is 3. The topological polar surface area (TPSA) is 38.9 Å². The summed E-state index contributed by atoms with van der Waals surface area (Å²) in [6, 6.07) is 21.2. The minimum absolute atomic E-state index is 0.597. The zero-order valence-electron chi connectivity index (χ0n) is 12.1. The monoisotopic (exact) mass is 274 g/mol. The predicted molar refractivity (Wildman–Crippen MR) is 88.1 cm³/mol. The second kappa shape index (κ2) is 5.80. The molecule has 2 nitrogen and oxygen atoms in total. The molecular weight excluding hydrogens is 256 g/mol. The van der Waals surface area contributed by atoms with Gasteiger partial charge < -0.3 is 5.73 Å². The molecule has 3 rings (SSSR count). The van der Waals surface area contributed by atoms with Crippen LogP contribution in [0.2, 0.25) is 0 Å². The van der Waals surface area contributed by atoms with E-state index in [2.05, 4.69) is 59.6 Å². The van der Waals surface area contributed by atoms with Gasteiger partial charge in [-0.1, -0.05) is 54.6 Å². The van der Waals surface area contributed by atoms with Crippen LogP contribution in [-0.4, -0.2) is 4.98 Å². The van der Waals surface area contributed by atoms with Crippen molar-refractivity contribution < 1.29 is 0 Å². The minimum Gasteiger partial charge on any atom is -0.383 e. The number of nitrogens with zero attached hydrogens (tertiary/aromatic N) is 1. The molecule has 2 aromatic carbocycles. The van der Waals surface area contributed by atoms with Crippen LogP contribution in [0.1, 0.15) is 16.7 Å². The Morgan fingerprint density at radius 1 is 0.857 bits per heavy atom. The molecule has 0 unspecified atom stereocenters. The fraction of sp³-hybridized carbons (Fsp3) is 0.105. The highest BCUT2D eigenvalue weighted by atomic mass is 14.8. The van der Waals surface area contributed by atoms with E-state index in [-0.39, 0.29) is 0 Å². The molecule has 1 aromatic heterocycles. The van der Waals surface area contributed by atoms with Crippen LogP contribution < -0.4 is 5.73 Å². The molecule has 0 aliphatic rings. The van der Waals surface area contributed by atoms with E-state index < -0.39 is 0 Å². The number of pyridine rings is 1. The van der Waals surface area contributed by atoms with Gasteiger partial charge in [-0.15, -0.1) is 0 Å². The van der Waals surface area contributed by atoms with Gasteiger partial charge in [0.15, 0.2) is 0 Å². The second-order valence-electron chi connectivity index (χ2n) is 5.29. The van der Waals surface area contributed by atoms with E-state index in [1.165, 1.54) is 16.7 Å². The van der Waals surface area contributed by atoms with E-state index in [1.54, 1.807) is 0 Å². The smallest absolute Gasteiger partial charge is 0.126 e. The Bertz CT molecular complexity index is 731. The standard InChI is InChI=1S/C19H18N2/c1-14-11-18(13-21-19(14)20)17-9-7-16(8-10-17)12-15-5-3-2-4-6-15/h2-11,13H,12H2,1H3,(H2,20,21). The first-order chi connectivity index (χ1) is 10.2. The number of aryl methyl sites for hydroxylation is 1. The summed E-state index contributed by atoms with van der Waals surface area (Å²) in [5.74, 6) is 0.597. The molecule has 21 heavy (non-hydrogen) atoms. The van der Waals surface area contributed by atoms with Crippen molar-refractivity contribution >= 4 is 5.82 Å². The van der Waals surface area contributed by atoms with Crippen LogP contribution >= 0.6 is 0 Å². The Kier molecular flexibility index (Phi) is 3.69. The van der Waals surface area contributed by atoms with Crippen molar-refractivity contribution in [3.05, 3.63) is 83.6 Å². The maximum atomic E-state index is 5.77. The summed E-state index contributed by atoms with van der Waals surface area (Å²) in [4.78, 5) is 4.22. The van der Waals surface area contributed by atoms with E-state index >= 15 is 0 Å². The Hall–Kier alpha value is -2.61. The third kappa shape index (κ3) is 3.11. The normalized spacial score (nSPS) is 10.5. The lowest BCUT2D eigenvalue weighted by Crippen LogP contribution is -1.94.